The van der Waals surface area contributed by atoms with Gasteiger partial charge in [-0.3, -0.25) is 9.59 Å². The third kappa shape index (κ3) is 2.96. The van der Waals surface area contributed by atoms with Crippen LogP contribution in [0.5, 0.6) is 0 Å². The van der Waals surface area contributed by atoms with Gasteiger partial charge in [0.15, 0.2) is 0 Å². The molecule has 0 spiro atoms. The monoisotopic (exact) mass is 276 g/mol. The van der Waals surface area contributed by atoms with Crippen LogP contribution in [0.25, 0.3) is 0 Å². The molecule has 1 fully saturated rings. The fraction of sp³-hybridized carbons (Fsp3) is 0.357. The number of carboxylic acid groups (broad SMARTS) is 1. The number of rotatable bonds is 3. The Labute approximate surface area is 116 Å². The van der Waals surface area contributed by atoms with E-state index in [1.54, 1.807) is 19.1 Å². The highest BCUT2D eigenvalue weighted by Gasteiger charge is 2.25. The van der Waals surface area contributed by atoms with E-state index in [1.165, 1.54) is 6.07 Å². The molecule has 1 aromatic carbocycles. The van der Waals surface area contributed by atoms with Gasteiger partial charge in [0.05, 0.1) is 11.5 Å². The van der Waals surface area contributed by atoms with Crippen molar-refractivity contribution in [2.75, 3.05) is 11.9 Å². The van der Waals surface area contributed by atoms with Gasteiger partial charge in [-0.2, -0.15) is 0 Å². The van der Waals surface area contributed by atoms with Crippen molar-refractivity contribution in [3.05, 3.63) is 29.3 Å². The maximum Gasteiger partial charge on any atom is 0.336 e. The van der Waals surface area contributed by atoms with Crippen LogP contribution in [0.4, 0.5) is 5.69 Å². The number of benzene rings is 1. The summed E-state index contributed by atoms with van der Waals surface area (Å²) in [5.74, 6) is -1.54. The van der Waals surface area contributed by atoms with Gasteiger partial charge < -0.3 is 15.7 Å². The Morgan fingerprint density at radius 1 is 1.40 bits per heavy atom. The Hall–Kier alpha value is -2.37. The second-order valence-corrected chi connectivity index (χ2v) is 4.81. The van der Waals surface area contributed by atoms with E-state index in [0.717, 1.165) is 0 Å². The molecular formula is C14H16N2O4. The number of nitrogens with one attached hydrogen (secondary N) is 2. The zero-order chi connectivity index (χ0) is 14.7. The van der Waals surface area contributed by atoms with Crippen molar-refractivity contribution >= 4 is 23.5 Å². The summed E-state index contributed by atoms with van der Waals surface area (Å²) in [6.45, 7) is 1.98. The molecule has 0 saturated carbocycles. The number of anilines is 1. The highest BCUT2D eigenvalue weighted by atomic mass is 16.4. The molecule has 1 aliphatic heterocycles. The van der Waals surface area contributed by atoms with Crippen LogP contribution in [0, 0.1) is 12.8 Å². The second-order valence-electron chi connectivity index (χ2n) is 4.81. The van der Waals surface area contributed by atoms with Crippen molar-refractivity contribution in [3.63, 3.8) is 0 Å². The van der Waals surface area contributed by atoms with E-state index < -0.39 is 5.97 Å². The van der Waals surface area contributed by atoms with Crippen LogP contribution in [-0.4, -0.2) is 29.4 Å². The molecule has 6 nitrogen and oxygen atoms in total. The number of carbonyl (C=O) groups excluding carboxylic acids is 2. The second kappa shape index (κ2) is 5.73. The van der Waals surface area contributed by atoms with Crippen molar-refractivity contribution in [1.82, 2.24) is 5.32 Å². The van der Waals surface area contributed by atoms with Gasteiger partial charge in [-0.1, -0.05) is 6.07 Å². The summed E-state index contributed by atoms with van der Waals surface area (Å²) in [6, 6.07) is 4.75. The number of amides is 2. The summed E-state index contributed by atoms with van der Waals surface area (Å²) in [5.41, 5.74) is 1.18. The predicted molar refractivity (Wildman–Crippen MR) is 72.5 cm³/mol. The summed E-state index contributed by atoms with van der Waals surface area (Å²) >= 11 is 0. The Morgan fingerprint density at radius 2 is 2.15 bits per heavy atom. The van der Waals surface area contributed by atoms with Gasteiger partial charge in [-0.25, -0.2) is 4.79 Å². The minimum atomic E-state index is -1.02. The highest BCUT2D eigenvalue weighted by Crippen LogP contribution is 2.21. The molecule has 20 heavy (non-hydrogen) atoms. The zero-order valence-electron chi connectivity index (χ0n) is 11.1. The molecule has 0 bridgehead atoms. The zero-order valence-corrected chi connectivity index (χ0v) is 11.1. The van der Waals surface area contributed by atoms with E-state index in [0.29, 0.717) is 30.6 Å². The van der Waals surface area contributed by atoms with Crippen LogP contribution in [-0.2, 0) is 9.59 Å². The molecule has 1 saturated heterocycles. The van der Waals surface area contributed by atoms with Gasteiger partial charge >= 0.3 is 5.97 Å². The lowest BCUT2D eigenvalue weighted by Gasteiger charge is -2.22. The largest absolute Gasteiger partial charge is 0.478 e. The minimum absolute atomic E-state index is 0.0434. The first-order valence-corrected chi connectivity index (χ1v) is 6.39. The number of hydrogen-bond acceptors (Lipinski definition) is 3. The van der Waals surface area contributed by atoms with Crippen molar-refractivity contribution in [1.29, 1.82) is 0 Å². The van der Waals surface area contributed by atoms with E-state index in [9.17, 15) is 14.4 Å². The van der Waals surface area contributed by atoms with Crippen LogP contribution < -0.4 is 10.6 Å². The van der Waals surface area contributed by atoms with Gasteiger partial charge in [0.1, 0.15) is 0 Å². The molecule has 106 valence electrons. The summed E-state index contributed by atoms with van der Waals surface area (Å²) in [7, 11) is 0. The van der Waals surface area contributed by atoms with Crippen LogP contribution in [0.2, 0.25) is 0 Å². The average molecular weight is 276 g/mol. The molecule has 3 N–H and O–H groups in total. The third-order valence-electron chi connectivity index (χ3n) is 3.46. The Kier molecular flexibility index (Phi) is 4.02. The quantitative estimate of drug-likeness (QED) is 0.772. The van der Waals surface area contributed by atoms with E-state index in [1.807, 2.05) is 0 Å². The first kappa shape index (κ1) is 14.0. The average Bonchev–Trinajstić information content (AvgIpc) is 2.41. The summed E-state index contributed by atoms with van der Waals surface area (Å²) < 4.78 is 0. The van der Waals surface area contributed by atoms with Crippen molar-refractivity contribution < 1.29 is 19.5 Å². The molecular weight excluding hydrogens is 260 g/mol. The summed E-state index contributed by atoms with van der Waals surface area (Å²) in [6.07, 6.45) is 0.849. The van der Waals surface area contributed by atoms with Gasteiger partial charge in [0, 0.05) is 18.7 Å². The van der Waals surface area contributed by atoms with E-state index in [2.05, 4.69) is 10.6 Å². The summed E-state index contributed by atoms with van der Waals surface area (Å²) in [5, 5.41) is 14.4. The third-order valence-corrected chi connectivity index (χ3v) is 3.46. The number of piperidine rings is 1. The van der Waals surface area contributed by atoms with Gasteiger partial charge in [0.2, 0.25) is 11.8 Å². The van der Waals surface area contributed by atoms with Crippen molar-refractivity contribution in [2.24, 2.45) is 5.92 Å². The maximum atomic E-state index is 12.1. The topological polar surface area (TPSA) is 95.5 Å². The standard InChI is InChI=1S/C14H16N2O4/c1-8-10(14(19)20)3-2-4-11(8)16-13(18)9-5-6-12(17)15-7-9/h2-4,9H,5-7H2,1H3,(H,15,17)(H,16,18)(H,19,20). The lowest BCUT2D eigenvalue weighted by molar-refractivity contribution is -0.126. The van der Waals surface area contributed by atoms with Crippen molar-refractivity contribution in [3.8, 4) is 0 Å². The highest BCUT2D eigenvalue weighted by molar-refractivity contribution is 5.97. The van der Waals surface area contributed by atoms with Crippen LogP contribution in [0.15, 0.2) is 18.2 Å². The molecule has 1 aliphatic rings. The first-order valence-electron chi connectivity index (χ1n) is 6.39. The fourth-order valence-corrected chi connectivity index (χ4v) is 2.19. The van der Waals surface area contributed by atoms with E-state index >= 15 is 0 Å². The van der Waals surface area contributed by atoms with Gasteiger partial charge in [-0.05, 0) is 31.0 Å². The number of carbonyl (C=O) groups is 3. The van der Waals surface area contributed by atoms with E-state index in [-0.39, 0.29) is 23.3 Å². The molecule has 0 radical (unpaired) electrons. The van der Waals surface area contributed by atoms with Gasteiger partial charge in [-0.15, -0.1) is 0 Å². The Balaban J connectivity index is 2.10. The minimum Gasteiger partial charge on any atom is -0.478 e. The molecule has 2 rings (SSSR count). The molecule has 1 aromatic rings. The van der Waals surface area contributed by atoms with Crippen molar-refractivity contribution in [2.45, 2.75) is 19.8 Å². The number of carboxylic acids is 1. The fourth-order valence-electron chi connectivity index (χ4n) is 2.19. The smallest absolute Gasteiger partial charge is 0.336 e. The number of hydrogen-bond donors (Lipinski definition) is 3. The lowest BCUT2D eigenvalue weighted by atomic mass is 9.98. The Bertz CT molecular complexity index is 558. The molecule has 1 atom stereocenters. The SMILES string of the molecule is Cc1c(NC(=O)C2CCC(=O)NC2)cccc1C(=O)O. The first-order chi connectivity index (χ1) is 9.49. The van der Waals surface area contributed by atoms with Crippen LogP contribution >= 0.6 is 0 Å². The molecule has 1 unspecified atom stereocenters. The molecule has 0 aliphatic carbocycles. The molecule has 0 aromatic heterocycles. The number of aromatic carboxylic acids is 1. The van der Waals surface area contributed by atoms with Crippen LogP contribution in [0.1, 0.15) is 28.8 Å². The maximum absolute atomic E-state index is 12.1. The van der Waals surface area contributed by atoms with Crippen LogP contribution in [0.3, 0.4) is 0 Å². The Morgan fingerprint density at radius 3 is 2.75 bits per heavy atom. The summed E-state index contributed by atoms with van der Waals surface area (Å²) in [4.78, 5) is 34.2. The molecule has 1 heterocycles. The van der Waals surface area contributed by atoms with Gasteiger partial charge in [0.25, 0.3) is 0 Å². The normalized spacial score (nSPS) is 18.2. The molecule has 2 amide bonds. The lowest BCUT2D eigenvalue weighted by Crippen LogP contribution is -2.40. The van der Waals surface area contributed by atoms with E-state index in [4.69, 9.17) is 5.11 Å². The molecule has 6 heteroatoms. The predicted octanol–water partition coefficient (Wildman–Crippen LogP) is 1.16.